The SMILES string of the molecule is O=C(Cc1ccc(Cl)cc1)c1ccc(Cl)c(F)c1. The Labute approximate surface area is 114 Å². The first-order chi connectivity index (χ1) is 8.56. The van der Waals surface area contributed by atoms with Crippen molar-refractivity contribution in [3.8, 4) is 0 Å². The largest absolute Gasteiger partial charge is 0.294 e. The summed E-state index contributed by atoms with van der Waals surface area (Å²) in [6.07, 6.45) is 0.207. The van der Waals surface area contributed by atoms with Gasteiger partial charge in [0.15, 0.2) is 5.78 Å². The van der Waals surface area contributed by atoms with E-state index in [4.69, 9.17) is 23.2 Å². The van der Waals surface area contributed by atoms with Crippen LogP contribution in [-0.4, -0.2) is 5.78 Å². The van der Waals surface area contributed by atoms with E-state index < -0.39 is 5.82 Å². The maximum Gasteiger partial charge on any atom is 0.167 e. The molecule has 0 amide bonds. The van der Waals surface area contributed by atoms with E-state index in [1.54, 1.807) is 24.3 Å². The minimum absolute atomic E-state index is 0.0121. The zero-order valence-corrected chi connectivity index (χ0v) is 10.8. The molecule has 4 heteroatoms. The van der Waals surface area contributed by atoms with Crippen LogP contribution in [0.5, 0.6) is 0 Å². The Hall–Kier alpha value is -1.38. The second-order valence-electron chi connectivity index (χ2n) is 3.86. The van der Waals surface area contributed by atoms with Gasteiger partial charge in [0.25, 0.3) is 0 Å². The number of benzene rings is 2. The number of halogens is 3. The van der Waals surface area contributed by atoms with E-state index in [1.165, 1.54) is 12.1 Å². The third-order valence-electron chi connectivity index (χ3n) is 2.52. The van der Waals surface area contributed by atoms with Crippen molar-refractivity contribution in [3.63, 3.8) is 0 Å². The normalized spacial score (nSPS) is 10.4. The summed E-state index contributed by atoms with van der Waals surface area (Å²) in [5.41, 5.74) is 1.15. The summed E-state index contributed by atoms with van der Waals surface area (Å²) in [6.45, 7) is 0. The molecule has 92 valence electrons. The molecule has 0 heterocycles. The predicted molar refractivity (Wildman–Crippen MR) is 70.9 cm³/mol. The first-order valence-corrected chi connectivity index (χ1v) is 6.04. The predicted octanol–water partition coefficient (Wildman–Crippen LogP) is 4.56. The van der Waals surface area contributed by atoms with Crippen LogP contribution in [0.15, 0.2) is 42.5 Å². The summed E-state index contributed by atoms with van der Waals surface area (Å²) in [6, 6.07) is 11.0. The molecule has 0 aliphatic heterocycles. The molecule has 0 aromatic heterocycles. The molecular weight excluding hydrogens is 274 g/mol. The molecule has 0 saturated carbocycles. The monoisotopic (exact) mass is 282 g/mol. The lowest BCUT2D eigenvalue weighted by Gasteiger charge is -2.03. The van der Waals surface area contributed by atoms with Crippen LogP contribution in [0.3, 0.4) is 0 Å². The molecule has 2 aromatic rings. The topological polar surface area (TPSA) is 17.1 Å². The number of hydrogen-bond donors (Lipinski definition) is 0. The van der Waals surface area contributed by atoms with Crippen LogP contribution in [0.4, 0.5) is 4.39 Å². The average Bonchev–Trinajstić information content (AvgIpc) is 2.35. The minimum Gasteiger partial charge on any atom is -0.294 e. The fraction of sp³-hybridized carbons (Fsp3) is 0.0714. The van der Waals surface area contributed by atoms with Gasteiger partial charge in [0.2, 0.25) is 0 Å². The summed E-state index contributed by atoms with van der Waals surface area (Å²) in [4.78, 5) is 11.9. The first kappa shape index (κ1) is 13.1. The number of Topliss-reactive ketones (excluding diaryl/α,β-unsaturated/α-hetero) is 1. The van der Waals surface area contributed by atoms with Crippen molar-refractivity contribution in [2.45, 2.75) is 6.42 Å². The van der Waals surface area contributed by atoms with Gasteiger partial charge in [-0.1, -0.05) is 35.3 Å². The molecule has 0 saturated heterocycles. The van der Waals surface area contributed by atoms with Gasteiger partial charge in [-0.2, -0.15) is 0 Å². The van der Waals surface area contributed by atoms with Crippen LogP contribution in [0, 0.1) is 5.82 Å². The fourth-order valence-electron chi connectivity index (χ4n) is 1.56. The van der Waals surface area contributed by atoms with Gasteiger partial charge in [0, 0.05) is 17.0 Å². The zero-order chi connectivity index (χ0) is 13.1. The smallest absolute Gasteiger partial charge is 0.167 e. The third kappa shape index (κ3) is 3.09. The second kappa shape index (κ2) is 5.51. The molecule has 0 bridgehead atoms. The summed E-state index contributed by atoms with van der Waals surface area (Å²) in [5, 5.41) is 0.627. The molecule has 0 unspecified atom stereocenters. The average molecular weight is 283 g/mol. The van der Waals surface area contributed by atoms with Crippen LogP contribution in [0.1, 0.15) is 15.9 Å². The van der Waals surface area contributed by atoms with Gasteiger partial charge in [-0.3, -0.25) is 4.79 Å². The number of ketones is 1. The first-order valence-electron chi connectivity index (χ1n) is 5.29. The molecule has 0 fully saturated rings. The Bertz CT molecular complexity index is 579. The van der Waals surface area contributed by atoms with Crippen LogP contribution in [0.2, 0.25) is 10.0 Å². The lowest BCUT2D eigenvalue weighted by atomic mass is 10.0. The minimum atomic E-state index is -0.585. The Morgan fingerprint density at radius 2 is 1.72 bits per heavy atom. The second-order valence-corrected chi connectivity index (χ2v) is 4.70. The Morgan fingerprint density at radius 3 is 2.33 bits per heavy atom. The number of rotatable bonds is 3. The van der Waals surface area contributed by atoms with E-state index >= 15 is 0 Å². The molecule has 0 spiro atoms. The molecule has 18 heavy (non-hydrogen) atoms. The highest BCUT2D eigenvalue weighted by molar-refractivity contribution is 6.31. The lowest BCUT2D eigenvalue weighted by molar-refractivity contribution is 0.0992. The van der Waals surface area contributed by atoms with Gasteiger partial charge in [-0.25, -0.2) is 4.39 Å². The van der Waals surface area contributed by atoms with Crippen molar-refractivity contribution in [3.05, 3.63) is 69.5 Å². The molecule has 0 atom stereocenters. The number of hydrogen-bond acceptors (Lipinski definition) is 1. The third-order valence-corrected chi connectivity index (χ3v) is 3.08. The zero-order valence-electron chi connectivity index (χ0n) is 9.29. The summed E-state index contributed by atoms with van der Waals surface area (Å²) >= 11 is 11.3. The van der Waals surface area contributed by atoms with Crippen molar-refractivity contribution in [2.75, 3.05) is 0 Å². The number of carbonyl (C=O) groups is 1. The van der Waals surface area contributed by atoms with Gasteiger partial charge >= 0.3 is 0 Å². The highest BCUT2D eigenvalue weighted by Crippen LogP contribution is 2.17. The molecule has 1 nitrogen and oxygen atoms in total. The molecule has 0 N–H and O–H groups in total. The van der Waals surface area contributed by atoms with E-state index in [1.807, 2.05) is 0 Å². The van der Waals surface area contributed by atoms with Crippen LogP contribution < -0.4 is 0 Å². The highest BCUT2D eigenvalue weighted by atomic mass is 35.5. The van der Waals surface area contributed by atoms with Crippen molar-refractivity contribution < 1.29 is 9.18 Å². The Morgan fingerprint density at radius 1 is 1.06 bits per heavy atom. The van der Waals surface area contributed by atoms with E-state index in [2.05, 4.69) is 0 Å². The summed E-state index contributed by atoms with van der Waals surface area (Å²) < 4.78 is 13.2. The molecule has 0 aliphatic carbocycles. The van der Waals surface area contributed by atoms with Crippen LogP contribution in [0.25, 0.3) is 0 Å². The fourth-order valence-corrected chi connectivity index (χ4v) is 1.80. The molecule has 0 radical (unpaired) electrons. The Kier molecular flexibility index (Phi) is 4.00. The summed E-state index contributed by atoms with van der Waals surface area (Å²) in [7, 11) is 0. The van der Waals surface area contributed by atoms with Crippen LogP contribution in [-0.2, 0) is 6.42 Å². The van der Waals surface area contributed by atoms with Gasteiger partial charge in [-0.05, 0) is 35.9 Å². The van der Waals surface area contributed by atoms with Gasteiger partial charge in [-0.15, -0.1) is 0 Å². The number of carbonyl (C=O) groups excluding carboxylic acids is 1. The van der Waals surface area contributed by atoms with E-state index in [9.17, 15) is 9.18 Å². The van der Waals surface area contributed by atoms with Crippen molar-refractivity contribution in [2.24, 2.45) is 0 Å². The standard InChI is InChI=1S/C14H9Cl2FO/c15-11-4-1-9(2-5-11)7-14(18)10-3-6-12(16)13(17)8-10/h1-6,8H,7H2. The Balaban J connectivity index is 2.16. The van der Waals surface area contributed by atoms with Crippen LogP contribution >= 0.6 is 23.2 Å². The maximum atomic E-state index is 13.2. The van der Waals surface area contributed by atoms with Crippen molar-refractivity contribution in [1.82, 2.24) is 0 Å². The van der Waals surface area contributed by atoms with Crippen molar-refractivity contribution >= 4 is 29.0 Å². The maximum absolute atomic E-state index is 13.2. The quantitative estimate of drug-likeness (QED) is 0.755. The van der Waals surface area contributed by atoms with E-state index in [-0.39, 0.29) is 17.2 Å². The summed E-state index contributed by atoms with van der Waals surface area (Å²) in [5.74, 6) is -0.744. The van der Waals surface area contributed by atoms with E-state index in [0.29, 0.717) is 10.6 Å². The highest BCUT2D eigenvalue weighted by Gasteiger charge is 2.09. The molecule has 2 rings (SSSR count). The lowest BCUT2D eigenvalue weighted by Crippen LogP contribution is -2.03. The van der Waals surface area contributed by atoms with Gasteiger partial charge in [0.05, 0.1) is 5.02 Å². The van der Waals surface area contributed by atoms with Gasteiger partial charge in [0.1, 0.15) is 5.82 Å². The molecule has 2 aromatic carbocycles. The van der Waals surface area contributed by atoms with Gasteiger partial charge < -0.3 is 0 Å². The van der Waals surface area contributed by atoms with E-state index in [0.717, 1.165) is 11.6 Å². The molecule has 0 aliphatic rings. The van der Waals surface area contributed by atoms with Crippen molar-refractivity contribution in [1.29, 1.82) is 0 Å². The molecular formula is C14H9Cl2FO.